The number of rotatable bonds is 7. The lowest BCUT2D eigenvalue weighted by molar-refractivity contribution is -0.139. The van der Waals surface area contributed by atoms with E-state index in [4.69, 9.17) is 4.74 Å². The summed E-state index contributed by atoms with van der Waals surface area (Å²) in [7, 11) is 0. The first kappa shape index (κ1) is 22.1. The highest BCUT2D eigenvalue weighted by Gasteiger charge is 2.45. The van der Waals surface area contributed by atoms with Gasteiger partial charge in [-0.2, -0.15) is 0 Å². The Morgan fingerprint density at radius 2 is 1.83 bits per heavy atom. The highest BCUT2D eigenvalue weighted by molar-refractivity contribution is 9.10. The number of amides is 1. The smallest absolute Gasteiger partial charge is 0.295 e. The zero-order chi connectivity index (χ0) is 21.8. The van der Waals surface area contributed by atoms with Crippen LogP contribution in [0.25, 0.3) is 5.76 Å². The Balaban J connectivity index is 2.13. The van der Waals surface area contributed by atoms with Crippen LogP contribution in [0.5, 0.6) is 5.75 Å². The van der Waals surface area contributed by atoms with Gasteiger partial charge in [0.1, 0.15) is 11.5 Å². The van der Waals surface area contributed by atoms with E-state index < -0.39 is 17.7 Å². The summed E-state index contributed by atoms with van der Waals surface area (Å²) in [5, 5.41) is 11.1. The van der Waals surface area contributed by atoms with Crippen molar-refractivity contribution in [1.29, 1.82) is 0 Å². The van der Waals surface area contributed by atoms with Gasteiger partial charge in [-0.25, -0.2) is 0 Å². The number of hydrogen-bond donors (Lipinski definition) is 1. The molecule has 0 aliphatic carbocycles. The van der Waals surface area contributed by atoms with Gasteiger partial charge in [0.05, 0.1) is 18.2 Å². The summed E-state index contributed by atoms with van der Waals surface area (Å²) in [6, 6.07) is 12.1. The van der Waals surface area contributed by atoms with E-state index in [0.29, 0.717) is 18.7 Å². The number of ketones is 1. The van der Waals surface area contributed by atoms with Crippen molar-refractivity contribution in [3.8, 4) is 5.75 Å². The molecule has 1 aliphatic heterocycles. The molecule has 158 valence electrons. The van der Waals surface area contributed by atoms with Crippen LogP contribution in [-0.4, -0.2) is 34.8 Å². The molecule has 1 aliphatic rings. The summed E-state index contributed by atoms with van der Waals surface area (Å²) in [5.41, 5.74) is 2.34. The van der Waals surface area contributed by atoms with Gasteiger partial charge >= 0.3 is 0 Å². The van der Waals surface area contributed by atoms with Crippen molar-refractivity contribution < 1.29 is 19.4 Å². The number of hydrogen-bond acceptors (Lipinski definition) is 4. The number of halogens is 1. The lowest BCUT2D eigenvalue weighted by Crippen LogP contribution is -2.30. The van der Waals surface area contributed by atoms with Crippen molar-refractivity contribution in [2.24, 2.45) is 0 Å². The lowest BCUT2D eigenvalue weighted by Gasteiger charge is -2.25. The van der Waals surface area contributed by atoms with Gasteiger partial charge in [0, 0.05) is 16.6 Å². The summed E-state index contributed by atoms with van der Waals surface area (Å²) in [6.07, 6.45) is 1.67. The Morgan fingerprint density at radius 3 is 2.43 bits per heavy atom. The Labute approximate surface area is 185 Å². The largest absolute Gasteiger partial charge is 0.507 e. The second-order valence-corrected chi connectivity index (χ2v) is 8.17. The molecular formula is C24H26BrNO4. The molecule has 30 heavy (non-hydrogen) atoms. The summed E-state index contributed by atoms with van der Waals surface area (Å²) in [5.74, 6) is -0.655. The average Bonchev–Trinajstić information content (AvgIpc) is 2.99. The van der Waals surface area contributed by atoms with Gasteiger partial charge in [-0.1, -0.05) is 47.5 Å². The number of nitrogens with zero attached hydrogens (tertiary/aromatic N) is 1. The van der Waals surface area contributed by atoms with E-state index in [2.05, 4.69) is 15.9 Å². The van der Waals surface area contributed by atoms with Gasteiger partial charge in [0.2, 0.25) is 0 Å². The number of carbonyl (C=O) groups is 2. The van der Waals surface area contributed by atoms with Crippen molar-refractivity contribution in [2.45, 2.75) is 39.7 Å². The molecule has 0 spiro atoms. The number of aliphatic hydroxyl groups is 1. The summed E-state index contributed by atoms with van der Waals surface area (Å²) in [4.78, 5) is 27.4. The SMILES string of the molecule is CCCCN1C(=O)C(=O)/C(=C(\O)c2ccc(Br)c(C)c2)C1c1ccc(OCC)cc1. The van der Waals surface area contributed by atoms with E-state index >= 15 is 0 Å². The minimum Gasteiger partial charge on any atom is -0.507 e. The van der Waals surface area contributed by atoms with Crippen LogP contribution in [0, 0.1) is 6.92 Å². The first-order valence-corrected chi connectivity index (χ1v) is 11.0. The van der Waals surface area contributed by atoms with E-state index in [0.717, 1.165) is 34.2 Å². The maximum atomic E-state index is 13.0. The fraction of sp³-hybridized carbons (Fsp3) is 0.333. The van der Waals surface area contributed by atoms with Crippen LogP contribution in [0.4, 0.5) is 0 Å². The number of carbonyl (C=O) groups excluding carboxylic acids is 2. The highest BCUT2D eigenvalue weighted by Crippen LogP contribution is 2.40. The van der Waals surface area contributed by atoms with Crippen LogP contribution in [0.15, 0.2) is 52.5 Å². The van der Waals surface area contributed by atoms with E-state index in [-0.39, 0.29) is 11.3 Å². The number of benzene rings is 2. The molecule has 1 N–H and O–H groups in total. The van der Waals surface area contributed by atoms with Gasteiger partial charge < -0.3 is 14.7 Å². The highest BCUT2D eigenvalue weighted by atomic mass is 79.9. The molecule has 1 unspecified atom stereocenters. The van der Waals surface area contributed by atoms with Gasteiger partial charge in [-0.05, 0) is 55.7 Å². The number of likely N-dealkylation sites (tertiary alicyclic amines) is 1. The predicted octanol–water partition coefficient (Wildman–Crippen LogP) is 5.38. The fourth-order valence-corrected chi connectivity index (χ4v) is 3.89. The standard InChI is InChI=1S/C24H26BrNO4/c1-4-6-13-26-21(16-7-10-18(11-8-16)30-5-2)20(23(28)24(26)29)22(27)17-9-12-19(25)15(3)14-17/h7-12,14,21,27H,4-6,13H2,1-3H3/b22-20-. The molecule has 0 radical (unpaired) electrons. The van der Waals surface area contributed by atoms with Crippen molar-refractivity contribution in [1.82, 2.24) is 4.90 Å². The van der Waals surface area contributed by atoms with Crippen molar-refractivity contribution in [3.63, 3.8) is 0 Å². The van der Waals surface area contributed by atoms with E-state index in [1.165, 1.54) is 0 Å². The maximum absolute atomic E-state index is 13.0. The van der Waals surface area contributed by atoms with E-state index in [1.807, 2.05) is 51.1 Å². The topological polar surface area (TPSA) is 66.8 Å². The van der Waals surface area contributed by atoms with Crippen LogP contribution in [0.3, 0.4) is 0 Å². The van der Waals surface area contributed by atoms with Crippen molar-refractivity contribution >= 4 is 33.4 Å². The molecule has 1 saturated heterocycles. The third-order valence-electron chi connectivity index (χ3n) is 5.23. The van der Waals surface area contributed by atoms with E-state index in [1.54, 1.807) is 17.0 Å². The molecule has 2 aromatic rings. The molecule has 0 bridgehead atoms. The third-order valence-corrected chi connectivity index (χ3v) is 6.12. The summed E-state index contributed by atoms with van der Waals surface area (Å²) >= 11 is 3.45. The molecule has 6 heteroatoms. The minimum atomic E-state index is -0.650. The molecule has 3 rings (SSSR count). The average molecular weight is 472 g/mol. The Hall–Kier alpha value is -2.60. The number of unbranched alkanes of at least 4 members (excludes halogenated alkanes) is 1. The lowest BCUT2D eigenvalue weighted by atomic mass is 9.94. The van der Waals surface area contributed by atoms with Gasteiger partial charge in [0.15, 0.2) is 0 Å². The van der Waals surface area contributed by atoms with Crippen LogP contribution in [-0.2, 0) is 9.59 Å². The third kappa shape index (κ3) is 4.29. The second kappa shape index (κ2) is 9.47. The van der Waals surface area contributed by atoms with Gasteiger partial charge in [-0.3, -0.25) is 9.59 Å². The second-order valence-electron chi connectivity index (χ2n) is 7.31. The number of aryl methyl sites for hydroxylation is 1. The Bertz CT molecular complexity index is 981. The molecule has 1 atom stereocenters. The normalized spacial score (nSPS) is 18.1. The summed E-state index contributed by atoms with van der Waals surface area (Å²) < 4.78 is 6.42. The number of Topliss-reactive ketones (excluding diaryl/α,β-unsaturated/α-hetero) is 1. The predicted molar refractivity (Wildman–Crippen MR) is 120 cm³/mol. The molecule has 0 aromatic heterocycles. The van der Waals surface area contributed by atoms with Gasteiger partial charge in [-0.15, -0.1) is 0 Å². The Morgan fingerprint density at radius 1 is 1.13 bits per heavy atom. The maximum Gasteiger partial charge on any atom is 0.295 e. The van der Waals surface area contributed by atoms with Crippen molar-refractivity contribution in [3.05, 3.63) is 69.2 Å². The van der Waals surface area contributed by atoms with Crippen LogP contribution < -0.4 is 4.74 Å². The number of aliphatic hydroxyl groups excluding tert-OH is 1. The zero-order valence-electron chi connectivity index (χ0n) is 17.4. The molecule has 0 saturated carbocycles. The fourth-order valence-electron chi connectivity index (χ4n) is 3.65. The minimum absolute atomic E-state index is 0.127. The van der Waals surface area contributed by atoms with Crippen LogP contribution in [0.1, 0.15) is 49.4 Å². The molecule has 1 heterocycles. The van der Waals surface area contributed by atoms with Gasteiger partial charge in [0.25, 0.3) is 11.7 Å². The van der Waals surface area contributed by atoms with Crippen LogP contribution >= 0.6 is 15.9 Å². The number of ether oxygens (including phenoxy) is 1. The van der Waals surface area contributed by atoms with Crippen molar-refractivity contribution in [2.75, 3.05) is 13.2 Å². The molecule has 1 fully saturated rings. The first-order valence-electron chi connectivity index (χ1n) is 10.2. The molecule has 5 nitrogen and oxygen atoms in total. The summed E-state index contributed by atoms with van der Waals surface area (Å²) in [6.45, 7) is 6.86. The first-order chi connectivity index (χ1) is 14.4. The molecule has 1 amide bonds. The molecular weight excluding hydrogens is 446 g/mol. The zero-order valence-corrected chi connectivity index (χ0v) is 19.0. The Kier molecular flexibility index (Phi) is 6.98. The van der Waals surface area contributed by atoms with Crippen LogP contribution in [0.2, 0.25) is 0 Å². The quantitative estimate of drug-likeness (QED) is 0.334. The monoisotopic (exact) mass is 471 g/mol. The molecule has 2 aromatic carbocycles. The van der Waals surface area contributed by atoms with E-state index in [9.17, 15) is 14.7 Å².